The van der Waals surface area contributed by atoms with Crippen LogP contribution in [0.25, 0.3) is 11.0 Å². The number of nitrogens with one attached hydrogen (secondary N) is 3. The van der Waals surface area contributed by atoms with Gasteiger partial charge in [0.25, 0.3) is 5.91 Å². The molecule has 1 amide bonds. The topological polar surface area (TPSA) is 82.7 Å². The number of hydrogen-bond acceptors (Lipinski definition) is 4. The lowest BCUT2D eigenvalue weighted by atomic mass is 10.2. The maximum absolute atomic E-state index is 13.4. The van der Waals surface area contributed by atoms with Crippen LogP contribution < -0.4 is 10.6 Å². The van der Waals surface area contributed by atoms with Gasteiger partial charge < -0.3 is 10.3 Å². The predicted octanol–water partition coefficient (Wildman–Crippen LogP) is 4.09. The van der Waals surface area contributed by atoms with Crippen molar-refractivity contribution in [1.29, 1.82) is 0 Å². The molecule has 0 aliphatic carbocycles. The van der Waals surface area contributed by atoms with E-state index in [1.54, 1.807) is 30.5 Å². The van der Waals surface area contributed by atoms with Gasteiger partial charge in [0.2, 0.25) is 5.95 Å². The SMILES string of the molecule is O=C(Nc1nc2ccccc2[nH]1)c1cccnc1Nc1cccc(F)c1. The van der Waals surface area contributed by atoms with Crippen molar-refractivity contribution in [1.82, 2.24) is 15.0 Å². The summed E-state index contributed by atoms with van der Waals surface area (Å²) < 4.78 is 13.4. The van der Waals surface area contributed by atoms with Crippen LogP contribution in [-0.2, 0) is 0 Å². The molecule has 4 rings (SSSR count). The number of nitrogens with zero attached hydrogens (tertiary/aromatic N) is 2. The van der Waals surface area contributed by atoms with Crippen molar-refractivity contribution in [2.24, 2.45) is 0 Å². The molecule has 0 aliphatic heterocycles. The van der Waals surface area contributed by atoms with E-state index in [0.29, 0.717) is 23.0 Å². The van der Waals surface area contributed by atoms with Crippen molar-refractivity contribution in [3.05, 3.63) is 78.2 Å². The van der Waals surface area contributed by atoms with Crippen LogP contribution in [0.3, 0.4) is 0 Å². The second-order valence-electron chi connectivity index (χ2n) is 5.59. The average Bonchev–Trinajstić information content (AvgIpc) is 3.04. The van der Waals surface area contributed by atoms with Crippen LogP contribution in [0.1, 0.15) is 10.4 Å². The maximum atomic E-state index is 13.4. The normalized spacial score (nSPS) is 10.7. The van der Waals surface area contributed by atoms with Crippen molar-refractivity contribution in [3.8, 4) is 0 Å². The van der Waals surface area contributed by atoms with E-state index >= 15 is 0 Å². The fourth-order valence-corrected chi connectivity index (χ4v) is 2.58. The summed E-state index contributed by atoms with van der Waals surface area (Å²) in [7, 11) is 0. The molecular weight excluding hydrogens is 333 g/mol. The van der Waals surface area contributed by atoms with Gasteiger partial charge in [0.15, 0.2) is 0 Å². The molecule has 0 aliphatic rings. The Morgan fingerprint density at radius 1 is 1.04 bits per heavy atom. The fraction of sp³-hybridized carbons (Fsp3) is 0. The van der Waals surface area contributed by atoms with Gasteiger partial charge in [0.05, 0.1) is 16.6 Å². The van der Waals surface area contributed by atoms with Gasteiger partial charge in [0.1, 0.15) is 11.6 Å². The number of rotatable bonds is 4. The van der Waals surface area contributed by atoms with E-state index < -0.39 is 0 Å². The van der Waals surface area contributed by atoms with Crippen LogP contribution in [-0.4, -0.2) is 20.9 Å². The summed E-state index contributed by atoms with van der Waals surface area (Å²) in [6.45, 7) is 0. The van der Waals surface area contributed by atoms with Crippen molar-refractivity contribution >= 4 is 34.4 Å². The standard InChI is InChI=1S/C19H14FN5O/c20-12-5-3-6-13(11-12)22-17-14(7-4-10-21-17)18(26)25-19-23-15-8-1-2-9-16(15)24-19/h1-11H,(H,21,22)(H2,23,24,25,26). The first-order valence-corrected chi connectivity index (χ1v) is 7.93. The van der Waals surface area contributed by atoms with Crippen LogP contribution in [0.4, 0.5) is 21.8 Å². The number of carbonyl (C=O) groups excluding carboxylic acids is 1. The summed E-state index contributed by atoms with van der Waals surface area (Å²) in [5.74, 6) is -0.0845. The molecule has 0 saturated carbocycles. The third-order valence-electron chi connectivity index (χ3n) is 3.76. The molecule has 7 heteroatoms. The lowest BCUT2D eigenvalue weighted by molar-refractivity contribution is 0.102. The van der Waals surface area contributed by atoms with Gasteiger partial charge in [-0.2, -0.15) is 0 Å². The molecule has 0 unspecified atom stereocenters. The quantitative estimate of drug-likeness (QED) is 0.519. The Kier molecular flexibility index (Phi) is 4.03. The zero-order valence-electron chi connectivity index (χ0n) is 13.5. The van der Waals surface area contributed by atoms with Crippen molar-refractivity contribution in [2.45, 2.75) is 0 Å². The van der Waals surface area contributed by atoms with Crippen LogP contribution >= 0.6 is 0 Å². The van der Waals surface area contributed by atoms with Gasteiger partial charge in [-0.25, -0.2) is 14.4 Å². The van der Waals surface area contributed by atoms with E-state index in [1.165, 1.54) is 12.1 Å². The lowest BCUT2D eigenvalue weighted by Gasteiger charge is -2.10. The van der Waals surface area contributed by atoms with E-state index in [9.17, 15) is 9.18 Å². The van der Waals surface area contributed by atoms with Crippen molar-refractivity contribution in [2.75, 3.05) is 10.6 Å². The summed E-state index contributed by atoms with van der Waals surface area (Å²) in [4.78, 5) is 24.2. The highest BCUT2D eigenvalue weighted by Crippen LogP contribution is 2.20. The smallest absolute Gasteiger partial charge is 0.261 e. The number of aromatic amines is 1. The Hall–Kier alpha value is -3.74. The van der Waals surface area contributed by atoms with Crippen LogP contribution in [0, 0.1) is 5.82 Å². The molecule has 0 bridgehead atoms. The predicted molar refractivity (Wildman–Crippen MR) is 98.0 cm³/mol. The van der Waals surface area contributed by atoms with Crippen LogP contribution in [0.15, 0.2) is 66.9 Å². The minimum absolute atomic E-state index is 0.317. The molecule has 26 heavy (non-hydrogen) atoms. The monoisotopic (exact) mass is 347 g/mol. The van der Waals surface area contributed by atoms with Gasteiger partial charge in [-0.3, -0.25) is 10.1 Å². The Labute approximate surface area is 148 Å². The molecule has 2 aromatic carbocycles. The highest BCUT2D eigenvalue weighted by molar-refractivity contribution is 6.07. The second kappa shape index (κ2) is 6.64. The number of fused-ring (bicyclic) bond motifs is 1. The first-order valence-electron chi connectivity index (χ1n) is 7.93. The molecule has 3 N–H and O–H groups in total. The van der Waals surface area contributed by atoms with Gasteiger partial charge in [-0.1, -0.05) is 18.2 Å². The molecule has 128 valence electrons. The van der Waals surface area contributed by atoms with Gasteiger partial charge in [-0.05, 0) is 42.5 Å². The molecule has 6 nitrogen and oxygen atoms in total. The molecule has 4 aromatic rings. The number of benzene rings is 2. The third-order valence-corrected chi connectivity index (χ3v) is 3.76. The molecule has 0 fully saturated rings. The Morgan fingerprint density at radius 2 is 1.92 bits per heavy atom. The number of H-pyrrole nitrogens is 1. The maximum Gasteiger partial charge on any atom is 0.261 e. The largest absolute Gasteiger partial charge is 0.339 e. The van der Waals surface area contributed by atoms with Crippen molar-refractivity contribution < 1.29 is 9.18 Å². The average molecular weight is 347 g/mol. The van der Waals surface area contributed by atoms with E-state index in [0.717, 1.165) is 11.0 Å². The zero-order valence-corrected chi connectivity index (χ0v) is 13.5. The van der Waals surface area contributed by atoms with E-state index in [-0.39, 0.29) is 11.7 Å². The Bertz CT molecular complexity index is 1060. The van der Waals surface area contributed by atoms with Crippen LogP contribution in [0.2, 0.25) is 0 Å². The lowest BCUT2D eigenvalue weighted by Crippen LogP contribution is -2.15. The minimum Gasteiger partial charge on any atom is -0.339 e. The van der Waals surface area contributed by atoms with Gasteiger partial charge >= 0.3 is 0 Å². The summed E-state index contributed by atoms with van der Waals surface area (Å²) in [6.07, 6.45) is 1.56. The number of para-hydroxylation sites is 2. The number of amides is 1. The highest BCUT2D eigenvalue weighted by atomic mass is 19.1. The molecule has 2 heterocycles. The number of pyridine rings is 1. The van der Waals surface area contributed by atoms with Crippen LogP contribution in [0.5, 0.6) is 0 Å². The number of halogens is 1. The summed E-state index contributed by atoms with van der Waals surface area (Å²) in [6, 6.07) is 16.7. The summed E-state index contributed by atoms with van der Waals surface area (Å²) in [5.41, 5.74) is 2.40. The summed E-state index contributed by atoms with van der Waals surface area (Å²) >= 11 is 0. The third kappa shape index (κ3) is 3.23. The number of carbonyl (C=O) groups is 1. The van der Waals surface area contributed by atoms with Crippen molar-refractivity contribution in [3.63, 3.8) is 0 Å². The van der Waals surface area contributed by atoms with E-state index in [2.05, 4.69) is 25.6 Å². The molecule has 2 aromatic heterocycles. The van der Waals surface area contributed by atoms with E-state index in [4.69, 9.17) is 0 Å². The fourth-order valence-electron chi connectivity index (χ4n) is 2.58. The molecule has 0 radical (unpaired) electrons. The highest BCUT2D eigenvalue weighted by Gasteiger charge is 2.14. The molecular formula is C19H14FN5O. The molecule has 0 atom stereocenters. The first-order chi connectivity index (χ1) is 12.7. The number of hydrogen-bond donors (Lipinski definition) is 3. The zero-order chi connectivity index (χ0) is 17.9. The Balaban J connectivity index is 1.59. The van der Waals surface area contributed by atoms with Gasteiger partial charge in [0, 0.05) is 11.9 Å². The molecule has 0 spiro atoms. The summed E-state index contributed by atoms with van der Waals surface area (Å²) in [5, 5.41) is 5.69. The number of anilines is 3. The second-order valence-corrected chi connectivity index (χ2v) is 5.59. The number of aromatic nitrogens is 3. The van der Waals surface area contributed by atoms with E-state index in [1.807, 2.05) is 24.3 Å². The Morgan fingerprint density at radius 3 is 2.77 bits per heavy atom. The van der Waals surface area contributed by atoms with Gasteiger partial charge in [-0.15, -0.1) is 0 Å². The first kappa shape index (κ1) is 15.8. The molecule has 0 saturated heterocycles. The minimum atomic E-state index is -0.379. The number of imidazole rings is 1.